The lowest BCUT2D eigenvalue weighted by Crippen LogP contribution is -2.55. The first-order valence-corrected chi connectivity index (χ1v) is 11.7. The number of aromatic nitrogens is 3. The fourth-order valence-corrected chi connectivity index (χ4v) is 4.42. The number of ether oxygens (including phenoxy) is 1. The Balaban J connectivity index is 1.52. The normalized spacial score (nSPS) is 17.7. The van der Waals surface area contributed by atoms with Crippen LogP contribution in [-0.2, 0) is 16.1 Å². The van der Waals surface area contributed by atoms with Crippen molar-refractivity contribution in [3.63, 3.8) is 0 Å². The van der Waals surface area contributed by atoms with Crippen molar-refractivity contribution in [1.29, 1.82) is 0 Å². The molecular formula is C26H29N7O3. The highest BCUT2D eigenvalue weighted by Crippen LogP contribution is 2.26. The van der Waals surface area contributed by atoms with Gasteiger partial charge < -0.3 is 20.7 Å². The number of carbonyl (C=O) groups is 2. The number of piperidine rings is 1. The molecule has 186 valence electrons. The molecule has 2 atom stereocenters. The predicted octanol–water partition coefficient (Wildman–Crippen LogP) is 2.30. The highest BCUT2D eigenvalue weighted by molar-refractivity contribution is 5.80. The third kappa shape index (κ3) is 5.64. The van der Waals surface area contributed by atoms with E-state index in [0.717, 1.165) is 22.3 Å². The van der Waals surface area contributed by atoms with Crippen LogP contribution in [0.5, 0.6) is 0 Å². The molecule has 36 heavy (non-hydrogen) atoms. The van der Waals surface area contributed by atoms with Crippen molar-refractivity contribution in [3.05, 3.63) is 66.6 Å². The number of nitrogens with one attached hydrogen (secondary N) is 3. The number of rotatable bonds is 8. The van der Waals surface area contributed by atoms with Crippen molar-refractivity contribution < 1.29 is 14.3 Å². The first kappa shape index (κ1) is 24.8. The lowest BCUT2D eigenvalue weighted by atomic mass is 9.91. The van der Waals surface area contributed by atoms with Gasteiger partial charge in [0.1, 0.15) is 18.5 Å². The Labute approximate surface area is 209 Å². The molecule has 2 amide bonds. The molecule has 1 aromatic carbocycles. The predicted molar refractivity (Wildman–Crippen MR) is 137 cm³/mol. The number of benzene rings is 1. The van der Waals surface area contributed by atoms with Crippen molar-refractivity contribution in [2.45, 2.75) is 19.0 Å². The van der Waals surface area contributed by atoms with Crippen molar-refractivity contribution in [2.24, 2.45) is 5.92 Å². The van der Waals surface area contributed by atoms with Crippen molar-refractivity contribution in [2.75, 3.05) is 32.1 Å². The molecule has 0 radical (unpaired) electrons. The number of fused-ring (bicyclic) bond motifs is 1. The summed E-state index contributed by atoms with van der Waals surface area (Å²) < 4.78 is 6.82. The van der Waals surface area contributed by atoms with Gasteiger partial charge in [0.05, 0.1) is 5.92 Å². The van der Waals surface area contributed by atoms with Gasteiger partial charge in [0.25, 0.3) is 0 Å². The molecule has 1 saturated heterocycles. The molecule has 0 aliphatic carbocycles. The van der Waals surface area contributed by atoms with Crippen LogP contribution in [0, 0.1) is 18.3 Å². The zero-order valence-corrected chi connectivity index (χ0v) is 20.1. The Hall–Kier alpha value is -4.36. The zero-order valence-electron chi connectivity index (χ0n) is 20.1. The van der Waals surface area contributed by atoms with Crippen molar-refractivity contribution >= 4 is 29.0 Å². The van der Waals surface area contributed by atoms with Crippen molar-refractivity contribution in [1.82, 2.24) is 30.1 Å². The van der Waals surface area contributed by atoms with E-state index in [1.165, 1.54) is 12.4 Å². The number of nitrogens with zero attached hydrogens (tertiary/aromatic N) is 4. The summed E-state index contributed by atoms with van der Waals surface area (Å²) in [5.41, 5.74) is 3.45. The van der Waals surface area contributed by atoms with E-state index >= 15 is 0 Å². The summed E-state index contributed by atoms with van der Waals surface area (Å²) in [6.45, 7) is 5.41. The number of alkyl carbamates (subject to hydrolysis) is 1. The second-order valence-corrected chi connectivity index (χ2v) is 8.48. The average molecular weight is 488 g/mol. The lowest BCUT2D eigenvalue weighted by Gasteiger charge is -2.37. The Morgan fingerprint density at radius 2 is 2.22 bits per heavy atom. The first-order valence-electron chi connectivity index (χ1n) is 11.7. The topological polar surface area (TPSA) is 113 Å². The molecule has 3 heterocycles. The summed E-state index contributed by atoms with van der Waals surface area (Å²) in [4.78, 5) is 31.4. The number of hydrogen-bond donors (Lipinski definition) is 3. The number of hydrogen-bond acceptors (Lipinski definition) is 7. The van der Waals surface area contributed by atoms with E-state index in [4.69, 9.17) is 11.2 Å². The molecule has 1 aliphatic rings. The molecule has 10 heteroatoms. The van der Waals surface area contributed by atoms with Gasteiger partial charge in [-0.2, -0.15) is 5.10 Å². The van der Waals surface area contributed by atoms with Crippen LogP contribution in [0.15, 0.2) is 55.5 Å². The van der Waals surface area contributed by atoms with Gasteiger partial charge in [-0.3, -0.25) is 9.69 Å². The molecule has 1 aliphatic heterocycles. The van der Waals surface area contributed by atoms with Crippen LogP contribution in [0.4, 0.5) is 16.3 Å². The number of carbonyl (C=O) groups excluding carboxylic acids is 2. The first-order chi connectivity index (χ1) is 17.5. The van der Waals surface area contributed by atoms with Crippen molar-refractivity contribution in [3.8, 4) is 12.3 Å². The quantitative estimate of drug-likeness (QED) is 0.330. The molecule has 0 unspecified atom stereocenters. The lowest BCUT2D eigenvalue weighted by molar-refractivity contribution is -0.127. The fourth-order valence-electron chi connectivity index (χ4n) is 4.42. The van der Waals surface area contributed by atoms with E-state index in [0.29, 0.717) is 31.9 Å². The largest absolute Gasteiger partial charge is 0.445 e. The van der Waals surface area contributed by atoms with Crippen LogP contribution in [0.3, 0.4) is 0 Å². The van der Waals surface area contributed by atoms with Crippen LogP contribution in [0.2, 0.25) is 0 Å². The molecule has 3 aromatic rings. The van der Waals surface area contributed by atoms with Crippen LogP contribution in [0.1, 0.15) is 17.5 Å². The standard InChI is InChI=1S/C26H29N7O3/c1-4-13-36-26(35)31-22-10-11-32(16-21(22)25(34)27-3)15-19-9-12-33-23(19)24(28-17-29-33)30-20-8-6-7-18(5-2)14-20/h2,4,6-9,12,14,17,21-22H,1,10-11,13,15-16H2,3H3,(H,27,34)(H,31,35)(H,28,29,30)/t21-,22+/m0/s1. The molecule has 2 aromatic heterocycles. The van der Waals surface area contributed by atoms with Crippen LogP contribution in [-0.4, -0.2) is 64.3 Å². The minimum atomic E-state index is -0.553. The second-order valence-electron chi connectivity index (χ2n) is 8.48. The van der Waals surface area contributed by atoms with Gasteiger partial charge in [-0.15, -0.1) is 6.42 Å². The Bertz CT molecular complexity index is 1300. The summed E-state index contributed by atoms with van der Waals surface area (Å²) in [6.07, 6.45) is 10.5. The zero-order chi connectivity index (χ0) is 25.5. The van der Waals surface area contributed by atoms with Gasteiger partial charge in [0.2, 0.25) is 5.91 Å². The minimum absolute atomic E-state index is 0.114. The SMILES string of the molecule is C#Cc1cccc(Nc2ncnn3ccc(CN4CC[C@@H](NC(=O)OCC=C)[C@@H](C(=O)NC)C4)c23)c1. The number of likely N-dealkylation sites (tertiary alicyclic amines) is 1. The number of amides is 2. The third-order valence-electron chi connectivity index (χ3n) is 6.14. The summed E-state index contributed by atoms with van der Waals surface area (Å²) in [5, 5.41) is 13.2. The monoisotopic (exact) mass is 487 g/mol. The summed E-state index contributed by atoms with van der Waals surface area (Å²) in [6, 6.07) is 9.23. The molecule has 0 saturated carbocycles. The van der Waals surface area contributed by atoms with Crippen LogP contribution in [0.25, 0.3) is 5.52 Å². The molecule has 0 spiro atoms. The maximum atomic E-state index is 12.6. The maximum absolute atomic E-state index is 12.6. The van der Waals surface area contributed by atoms with E-state index in [1.807, 2.05) is 36.5 Å². The van der Waals surface area contributed by atoms with E-state index in [-0.39, 0.29) is 18.6 Å². The molecule has 4 rings (SSSR count). The van der Waals surface area contributed by atoms with E-state index in [2.05, 4.69) is 43.4 Å². The maximum Gasteiger partial charge on any atom is 0.407 e. The second kappa shape index (κ2) is 11.4. The molecule has 1 fully saturated rings. The third-order valence-corrected chi connectivity index (χ3v) is 6.14. The average Bonchev–Trinajstić information content (AvgIpc) is 3.31. The summed E-state index contributed by atoms with van der Waals surface area (Å²) in [5.74, 6) is 2.74. The van der Waals surface area contributed by atoms with Crippen LogP contribution < -0.4 is 16.0 Å². The van der Waals surface area contributed by atoms with Crippen LogP contribution >= 0.6 is 0 Å². The summed E-state index contributed by atoms with van der Waals surface area (Å²) >= 11 is 0. The van der Waals surface area contributed by atoms with Gasteiger partial charge in [0.15, 0.2) is 5.82 Å². The van der Waals surface area contributed by atoms with E-state index in [1.54, 1.807) is 11.6 Å². The molecule has 3 N–H and O–H groups in total. The van der Waals surface area contributed by atoms with Gasteiger partial charge in [-0.05, 0) is 36.2 Å². The minimum Gasteiger partial charge on any atom is -0.445 e. The Kier molecular flexibility index (Phi) is 7.82. The highest BCUT2D eigenvalue weighted by Gasteiger charge is 2.35. The van der Waals surface area contributed by atoms with Gasteiger partial charge >= 0.3 is 6.09 Å². The summed E-state index contributed by atoms with van der Waals surface area (Å²) in [7, 11) is 1.60. The Morgan fingerprint density at radius 3 is 3.00 bits per heavy atom. The Morgan fingerprint density at radius 1 is 1.36 bits per heavy atom. The number of anilines is 2. The number of terminal acetylenes is 1. The fraction of sp³-hybridized carbons (Fsp3) is 0.308. The van der Waals surface area contributed by atoms with E-state index < -0.39 is 12.0 Å². The van der Waals surface area contributed by atoms with Gasteiger partial charge in [-0.1, -0.05) is 24.6 Å². The molecular weight excluding hydrogens is 458 g/mol. The molecule has 0 bridgehead atoms. The smallest absolute Gasteiger partial charge is 0.407 e. The van der Waals surface area contributed by atoms with Gasteiger partial charge in [-0.25, -0.2) is 14.3 Å². The molecule has 10 nitrogen and oxygen atoms in total. The van der Waals surface area contributed by atoms with E-state index in [9.17, 15) is 9.59 Å². The highest BCUT2D eigenvalue weighted by atomic mass is 16.5. The van der Waals surface area contributed by atoms with Gasteiger partial charge in [0, 0.05) is 50.2 Å².